The Morgan fingerprint density at radius 1 is 1.21 bits per heavy atom. The number of piperidine rings is 1. The molecule has 0 N–H and O–H groups in total. The highest BCUT2D eigenvalue weighted by Crippen LogP contribution is 2.21. The summed E-state index contributed by atoms with van der Waals surface area (Å²) in [5, 5.41) is 0. The molecule has 1 aromatic rings. The molecular weight excluding hydrogens is 172 g/mol. The molecule has 0 saturated carbocycles. The lowest BCUT2D eigenvalue weighted by atomic mass is 10.0. The molecule has 74 valence electrons. The van der Waals surface area contributed by atoms with E-state index >= 15 is 0 Å². The highest BCUT2D eigenvalue weighted by molar-refractivity contribution is 5.45. The second-order valence-corrected chi connectivity index (χ2v) is 3.64. The van der Waals surface area contributed by atoms with Gasteiger partial charge in [-0.25, -0.2) is 0 Å². The molecule has 14 heavy (non-hydrogen) atoms. The Kier molecular flexibility index (Phi) is 2.82. The summed E-state index contributed by atoms with van der Waals surface area (Å²) in [5.74, 6) is 0. The van der Waals surface area contributed by atoms with Crippen molar-refractivity contribution in [2.75, 3.05) is 18.0 Å². The topological polar surface area (TPSA) is 16.1 Å². The maximum atomic E-state index is 4.03. The number of pyridine rings is 1. The number of rotatable bonds is 1. The van der Waals surface area contributed by atoms with Gasteiger partial charge in [0.2, 0.25) is 0 Å². The van der Waals surface area contributed by atoms with Gasteiger partial charge in [0.15, 0.2) is 0 Å². The van der Waals surface area contributed by atoms with Crippen LogP contribution in [0.3, 0.4) is 0 Å². The van der Waals surface area contributed by atoms with E-state index in [1.54, 1.807) is 5.57 Å². The molecular formula is C12H16N2. The van der Waals surface area contributed by atoms with Crippen LogP contribution in [0.4, 0.5) is 5.69 Å². The van der Waals surface area contributed by atoms with E-state index in [9.17, 15) is 0 Å². The predicted molar refractivity (Wildman–Crippen MR) is 59.4 cm³/mol. The number of hydrogen-bond donors (Lipinski definition) is 0. The summed E-state index contributed by atoms with van der Waals surface area (Å²) in [6, 6.07) is 4.17. The van der Waals surface area contributed by atoms with Crippen LogP contribution in [-0.2, 0) is 0 Å². The van der Waals surface area contributed by atoms with E-state index in [0.717, 1.165) is 13.1 Å². The predicted octanol–water partition coefficient (Wildman–Crippen LogP) is 2.63. The molecule has 1 fully saturated rings. The molecule has 0 bridgehead atoms. The zero-order valence-corrected chi connectivity index (χ0v) is 8.61. The minimum Gasteiger partial charge on any atom is -0.371 e. The molecule has 0 aliphatic carbocycles. The summed E-state index contributed by atoms with van der Waals surface area (Å²) in [4.78, 5) is 6.46. The number of allylic oxidation sites excluding steroid dienone is 1. The first-order valence-electron chi connectivity index (χ1n) is 5.19. The van der Waals surface area contributed by atoms with E-state index in [0.29, 0.717) is 0 Å². The van der Waals surface area contributed by atoms with Gasteiger partial charge in [0.25, 0.3) is 0 Å². The van der Waals surface area contributed by atoms with Crippen LogP contribution in [-0.4, -0.2) is 18.1 Å². The largest absolute Gasteiger partial charge is 0.371 e. The van der Waals surface area contributed by atoms with E-state index < -0.39 is 0 Å². The fourth-order valence-electron chi connectivity index (χ4n) is 1.90. The summed E-state index contributed by atoms with van der Waals surface area (Å²) in [7, 11) is 0. The Labute approximate surface area is 85.3 Å². The Hall–Kier alpha value is -1.31. The van der Waals surface area contributed by atoms with E-state index in [1.807, 2.05) is 12.4 Å². The lowest BCUT2D eigenvalue weighted by Gasteiger charge is -2.30. The van der Waals surface area contributed by atoms with Gasteiger partial charge in [-0.3, -0.25) is 4.98 Å². The summed E-state index contributed by atoms with van der Waals surface area (Å²) < 4.78 is 0. The van der Waals surface area contributed by atoms with Crippen LogP contribution in [0.25, 0.3) is 0 Å². The SMILES string of the molecule is CC=C1CCN(c2ccncc2)CC1. The van der Waals surface area contributed by atoms with Crippen LogP contribution in [0.5, 0.6) is 0 Å². The zero-order chi connectivity index (χ0) is 9.80. The second kappa shape index (κ2) is 4.27. The molecule has 1 saturated heterocycles. The zero-order valence-electron chi connectivity index (χ0n) is 8.61. The van der Waals surface area contributed by atoms with Gasteiger partial charge in [-0.1, -0.05) is 11.6 Å². The molecule has 0 radical (unpaired) electrons. The van der Waals surface area contributed by atoms with E-state index in [1.165, 1.54) is 18.5 Å². The lowest BCUT2D eigenvalue weighted by Crippen LogP contribution is -2.30. The maximum Gasteiger partial charge on any atom is 0.0397 e. The van der Waals surface area contributed by atoms with Crippen LogP contribution >= 0.6 is 0 Å². The molecule has 1 aromatic heterocycles. The fraction of sp³-hybridized carbons (Fsp3) is 0.417. The quantitative estimate of drug-likeness (QED) is 0.630. The van der Waals surface area contributed by atoms with Gasteiger partial charge < -0.3 is 4.90 Å². The first kappa shape index (κ1) is 9.25. The maximum absolute atomic E-state index is 4.03. The third-order valence-electron chi connectivity index (χ3n) is 2.84. The average Bonchev–Trinajstić information content (AvgIpc) is 2.30. The number of aromatic nitrogens is 1. The molecule has 0 amide bonds. The minimum absolute atomic E-state index is 1.14. The van der Waals surface area contributed by atoms with Gasteiger partial charge in [0, 0.05) is 31.2 Å². The standard InChI is InChI=1S/C12H16N2/c1-2-11-5-9-14(10-6-11)12-3-7-13-8-4-12/h2-4,7-8H,5-6,9-10H2,1H3. The van der Waals surface area contributed by atoms with Crippen molar-refractivity contribution in [3.63, 3.8) is 0 Å². The van der Waals surface area contributed by atoms with Gasteiger partial charge in [-0.2, -0.15) is 0 Å². The molecule has 0 atom stereocenters. The number of anilines is 1. The third kappa shape index (κ3) is 1.95. The van der Waals surface area contributed by atoms with Crippen molar-refractivity contribution < 1.29 is 0 Å². The molecule has 0 spiro atoms. The smallest absolute Gasteiger partial charge is 0.0397 e. The van der Waals surface area contributed by atoms with E-state index in [-0.39, 0.29) is 0 Å². The third-order valence-corrected chi connectivity index (χ3v) is 2.84. The molecule has 1 aliphatic rings. The van der Waals surface area contributed by atoms with Crippen LogP contribution in [0.15, 0.2) is 36.2 Å². The van der Waals surface area contributed by atoms with Crippen LogP contribution < -0.4 is 4.90 Å². The summed E-state index contributed by atoms with van der Waals surface area (Å²) in [6.07, 6.45) is 8.39. The first-order valence-corrected chi connectivity index (χ1v) is 5.19. The van der Waals surface area contributed by atoms with Crippen molar-refractivity contribution in [1.29, 1.82) is 0 Å². The minimum atomic E-state index is 1.14. The Morgan fingerprint density at radius 2 is 1.86 bits per heavy atom. The van der Waals surface area contributed by atoms with Crippen molar-refractivity contribution in [3.05, 3.63) is 36.2 Å². The highest BCUT2D eigenvalue weighted by atomic mass is 15.1. The van der Waals surface area contributed by atoms with Crippen LogP contribution in [0.1, 0.15) is 19.8 Å². The molecule has 1 aliphatic heterocycles. The Morgan fingerprint density at radius 3 is 2.43 bits per heavy atom. The number of hydrogen-bond acceptors (Lipinski definition) is 2. The first-order chi connectivity index (χ1) is 6.90. The van der Waals surface area contributed by atoms with Gasteiger partial charge in [-0.15, -0.1) is 0 Å². The average molecular weight is 188 g/mol. The van der Waals surface area contributed by atoms with Gasteiger partial charge in [-0.05, 0) is 31.9 Å². The lowest BCUT2D eigenvalue weighted by molar-refractivity contribution is 0.683. The molecule has 2 heteroatoms. The molecule has 2 heterocycles. The second-order valence-electron chi connectivity index (χ2n) is 3.64. The molecule has 2 rings (SSSR count). The monoisotopic (exact) mass is 188 g/mol. The highest BCUT2D eigenvalue weighted by Gasteiger charge is 2.12. The molecule has 0 unspecified atom stereocenters. The normalized spacial score (nSPS) is 16.9. The number of nitrogens with zero attached hydrogens (tertiary/aromatic N) is 2. The van der Waals surface area contributed by atoms with Crippen LogP contribution in [0.2, 0.25) is 0 Å². The van der Waals surface area contributed by atoms with Gasteiger partial charge in [0.1, 0.15) is 0 Å². The van der Waals surface area contributed by atoms with Crippen molar-refractivity contribution >= 4 is 5.69 Å². The van der Waals surface area contributed by atoms with Crippen molar-refractivity contribution in [2.45, 2.75) is 19.8 Å². The fourth-order valence-corrected chi connectivity index (χ4v) is 1.90. The summed E-state index contributed by atoms with van der Waals surface area (Å²) in [5.41, 5.74) is 2.89. The van der Waals surface area contributed by atoms with E-state index in [2.05, 4.69) is 35.0 Å². The summed E-state index contributed by atoms with van der Waals surface area (Å²) >= 11 is 0. The van der Waals surface area contributed by atoms with E-state index in [4.69, 9.17) is 0 Å². The van der Waals surface area contributed by atoms with Gasteiger partial charge >= 0.3 is 0 Å². The summed E-state index contributed by atoms with van der Waals surface area (Å²) in [6.45, 7) is 4.42. The molecule has 0 aromatic carbocycles. The van der Waals surface area contributed by atoms with Crippen molar-refractivity contribution in [2.24, 2.45) is 0 Å². The Bertz CT molecular complexity index is 306. The van der Waals surface area contributed by atoms with Crippen LogP contribution in [0, 0.1) is 0 Å². The van der Waals surface area contributed by atoms with Crippen molar-refractivity contribution in [1.82, 2.24) is 4.98 Å². The van der Waals surface area contributed by atoms with Gasteiger partial charge in [0.05, 0.1) is 0 Å². The molecule has 2 nitrogen and oxygen atoms in total. The Balaban J connectivity index is 2.03. The van der Waals surface area contributed by atoms with Crippen molar-refractivity contribution in [3.8, 4) is 0 Å².